The summed E-state index contributed by atoms with van der Waals surface area (Å²) in [6, 6.07) is 20.9. The Kier molecular flexibility index (Phi) is 4.88. The molecule has 0 aliphatic heterocycles. The molecule has 0 atom stereocenters. The number of benzene rings is 2. The normalized spacial score (nSPS) is 10.5. The molecule has 7 heteroatoms. The molecule has 2 aromatic carbocycles. The number of para-hydroxylation sites is 1. The summed E-state index contributed by atoms with van der Waals surface area (Å²) in [7, 11) is 0. The molecule has 0 unspecified atom stereocenters. The van der Waals surface area contributed by atoms with Crippen LogP contribution in [0.1, 0.15) is 11.5 Å². The maximum atomic E-state index is 5.81. The molecule has 2 heterocycles. The molecule has 28 heavy (non-hydrogen) atoms. The van der Waals surface area contributed by atoms with Crippen molar-refractivity contribution >= 4 is 23.3 Å². The molecule has 2 N–H and O–H groups in total. The maximum absolute atomic E-state index is 5.81. The van der Waals surface area contributed by atoms with Gasteiger partial charge in [-0.05, 0) is 50.2 Å². The van der Waals surface area contributed by atoms with Crippen LogP contribution in [0.2, 0.25) is 0 Å². The number of hydrogen-bond donors (Lipinski definition) is 2. The minimum atomic E-state index is 0.486. The first-order valence-corrected chi connectivity index (χ1v) is 8.80. The van der Waals surface area contributed by atoms with E-state index in [-0.39, 0.29) is 0 Å². The molecule has 0 bridgehead atoms. The number of aryl methyl sites for hydroxylation is 2. The topological polar surface area (TPSA) is 85.1 Å². The third-order valence-electron chi connectivity index (χ3n) is 3.83. The second-order valence-corrected chi connectivity index (χ2v) is 6.23. The van der Waals surface area contributed by atoms with Crippen molar-refractivity contribution in [3.8, 4) is 11.5 Å². The van der Waals surface area contributed by atoms with E-state index in [2.05, 4.69) is 25.8 Å². The number of hydrogen-bond acceptors (Lipinski definition) is 7. The van der Waals surface area contributed by atoms with Crippen LogP contribution in [-0.2, 0) is 0 Å². The van der Waals surface area contributed by atoms with Gasteiger partial charge in [0.2, 0.25) is 5.95 Å². The SMILES string of the molecule is Cc1cc(Nc2cc(C)on2)nc(Nc2ccc(Oc3ccccc3)cc2)n1. The van der Waals surface area contributed by atoms with E-state index in [4.69, 9.17) is 9.26 Å². The summed E-state index contributed by atoms with van der Waals surface area (Å²) in [6.45, 7) is 3.74. The first kappa shape index (κ1) is 17.5. The van der Waals surface area contributed by atoms with Gasteiger partial charge in [-0.15, -0.1) is 0 Å². The summed E-state index contributed by atoms with van der Waals surface area (Å²) in [4.78, 5) is 8.91. The van der Waals surface area contributed by atoms with E-state index in [1.54, 1.807) is 6.07 Å². The molecule has 7 nitrogen and oxygen atoms in total. The van der Waals surface area contributed by atoms with Gasteiger partial charge in [0, 0.05) is 23.5 Å². The van der Waals surface area contributed by atoms with Crippen LogP contribution in [0, 0.1) is 13.8 Å². The van der Waals surface area contributed by atoms with Gasteiger partial charge in [0.05, 0.1) is 0 Å². The Labute approximate surface area is 162 Å². The number of nitrogens with zero attached hydrogens (tertiary/aromatic N) is 3. The number of aromatic nitrogens is 3. The van der Waals surface area contributed by atoms with Crippen LogP contribution in [0.5, 0.6) is 11.5 Å². The molecule has 0 aliphatic carbocycles. The standard InChI is InChI=1S/C21H19N5O2/c1-14-12-19(24-20-13-15(2)28-26-20)25-21(22-14)23-16-8-10-18(11-9-16)27-17-6-4-3-5-7-17/h3-13H,1-2H3,(H2,22,23,24,25,26). The van der Waals surface area contributed by atoms with Crippen molar-refractivity contribution in [3.05, 3.63) is 78.2 Å². The van der Waals surface area contributed by atoms with E-state index in [0.29, 0.717) is 17.6 Å². The average Bonchev–Trinajstić information content (AvgIpc) is 3.08. The minimum Gasteiger partial charge on any atom is -0.457 e. The van der Waals surface area contributed by atoms with Crippen LogP contribution >= 0.6 is 0 Å². The van der Waals surface area contributed by atoms with Gasteiger partial charge in [0.25, 0.3) is 0 Å². The first-order valence-electron chi connectivity index (χ1n) is 8.80. The summed E-state index contributed by atoms with van der Waals surface area (Å²) in [5.41, 5.74) is 1.68. The van der Waals surface area contributed by atoms with Crippen molar-refractivity contribution < 1.29 is 9.26 Å². The molecule has 0 fully saturated rings. The largest absolute Gasteiger partial charge is 0.457 e. The Morgan fingerprint density at radius 3 is 2.25 bits per heavy atom. The fourth-order valence-electron chi connectivity index (χ4n) is 2.61. The van der Waals surface area contributed by atoms with Crippen molar-refractivity contribution in [3.63, 3.8) is 0 Å². The summed E-state index contributed by atoms with van der Waals surface area (Å²) >= 11 is 0. The zero-order valence-electron chi connectivity index (χ0n) is 15.5. The second kappa shape index (κ2) is 7.79. The number of rotatable bonds is 6. The van der Waals surface area contributed by atoms with Gasteiger partial charge >= 0.3 is 0 Å². The zero-order chi connectivity index (χ0) is 19.3. The van der Waals surface area contributed by atoms with E-state index < -0.39 is 0 Å². The Morgan fingerprint density at radius 1 is 0.786 bits per heavy atom. The number of ether oxygens (including phenoxy) is 1. The third-order valence-corrected chi connectivity index (χ3v) is 3.83. The summed E-state index contributed by atoms with van der Waals surface area (Å²) in [5, 5.41) is 10.2. The molecular weight excluding hydrogens is 354 g/mol. The minimum absolute atomic E-state index is 0.486. The van der Waals surface area contributed by atoms with Crippen molar-refractivity contribution in [2.75, 3.05) is 10.6 Å². The molecule has 0 radical (unpaired) electrons. The molecule has 4 rings (SSSR count). The van der Waals surface area contributed by atoms with Crippen LogP contribution in [-0.4, -0.2) is 15.1 Å². The van der Waals surface area contributed by atoms with Gasteiger partial charge in [-0.1, -0.05) is 23.4 Å². The van der Waals surface area contributed by atoms with Crippen molar-refractivity contribution in [1.29, 1.82) is 0 Å². The van der Waals surface area contributed by atoms with Gasteiger partial charge in [-0.3, -0.25) is 0 Å². The monoisotopic (exact) mass is 373 g/mol. The predicted octanol–water partition coefficient (Wildman–Crippen LogP) is 5.36. The molecule has 140 valence electrons. The lowest BCUT2D eigenvalue weighted by atomic mass is 10.3. The average molecular weight is 373 g/mol. The lowest BCUT2D eigenvalue weighted by Gasteiger charge is -2.10. The smallest absolute Gasteiger partial charge is 0.229 e. The lowest BCUT2D eigenvalue weighted by molar-refractivity contribution is 0.400. The Balaban J connectivity index is 1.46. The van der Waals surface area contributed by atoms with Gasteiger partial charge in [-0.25, -0.2) is 4.98 Å². The fourth-order valence-corrected chi connectivity index (χ4v) is 2.61. The lowest BCUT2D eigenvalue weighted by Crippen LogP contribution is -2.02. The summed E-state index contributed by atoms with van der Waals surface area (Å²) < 4.78 is 10.9. The predicted molar refractivity (Wildman–Crippen MR) is 108 cm³/mol. The van der Waals surface area contributed by atoms with Gasteiger partial charge in [0.1, 0.15) is 23.1 Å². The molecule has 0 spiro atoms. The fraction of sp³-hybridized carbons (Fsp3) is 0.0952. The Bertz CT molecular complexity index is 1060. The molecule has 0 amide bonds. The quantitative estimate of drug-likeness (QED) is 0.470. The van der Waals surface area contributed by atoms with Crippen molar-refractivity contribution in [2.45, 2.75) is 13.8 Å². The van der Waals surface area contributed by atoms with Crippen molar-refractivity contribution in [1.82, 2.24) is 15.1 Å². The molecular formula is C21H19N5O2. The van der Waals surface area contributed by atoms with E-state index in [9.17, 15) is 0 Å². The van der Waals surface area contributed by atoms with Crippen LogP contribution in [0.3, 0.4) is 0 Å². The summed E-state index contributed by atoms with van der Waals surface area (Å²) in [6.07, 6.45) is 0. The van der Waals surface area contributed by atoms with E-state index >= 15 is 0 Å². The molecule has 4 aromatic rings. The number of nitrogens with one attached hydrogen (secondary N) is 2. The van der Waals surface area contributed by atoms with Gasteiger partial charge in [-0.2, -0.15) is 4.98 Å². The van der Waals surface area contributed by atoms with E-state index in [0.717, 1.165) is 28.6 Å². The van der Waals surface area contributed by atoms with E-state index in [1.165, 1.54) is 0 Å². The van der Waals surface area contributed by atoms with Crippen LogP contribution in [0.25, 0.3) is 0 Å². The zero-order valence-corrected chi connectivity index (χ0v) is 15.5. The van der Waals surface area contributed by atoms with Crippen LogP contribution in [0.4, 0.5) is 23.3 Å². The molecule has 2 aromatic heterocycles. The first-order chi connectivity index (χ1) is 13.6. The van der Waals surface area contributed by atoms with Crippen LogP contribution < -0.4 is 15.4 Å². The highest BCUT2D eigenvalue weighted by molar-refractivity contribution is 5.59. The maximum Gasteiger partial charge on any atom is 0.229 e. The van der Waals surface area contributed by atoms with Gasteiger partial charge < -0.3 is 19.9 Å². The van der Waals surface area contributed by atoms with Crippen LogP contribution in [0.15, 0.2) is 71.3 Å². The molecule has 0 saturated carbocycles. The second-order valence-electron chi connectivity index (χ2n) is 6.23. The highest BCUT2D eigenvalue weighted by Gasteiger charge is 2.06. The molecule has 0 saturated heterocycles. The Morgan fingerprint density at radius 2 is 1.54 bits per heavy atom. The van der Waals surface area contributed by atoms with E-state index in [1.807, 2.05) is 74.5 Å². The molecule has 0 aliphatic rings. The third kappa shape index (κ3) is 4.45. The number of anilines is 4. The van der Waals surface area contributed by atoms with Crippen molar-refractivity contribution in [2.24, 2.45) is 0 Å². The summed E-state index contributed by atoms with van der Waals surface area (Å²) in [5.74, 6) is 4.00. The van der Waals surface area contributed by atoms with Gasteiger partial charge in [0.15, 0.2) is 5.82 Å². The Hall–Kier alpha value is -3.87. The highest BCUT2D eigenvalue weighted by Crippen LogP contribution is 2.24. The highest BCUT2D eigenvalue weighted by atomic mass is 16.5.